The van der Waals surface area contributed by atoms with Gasteiger partial charge in [-0.15, -0.1) is 5.10 Å². The third-order valence-electron chi connectivity index (χ3n) is 5.65. The van der Waals surface area contributed by atoms with Gasteiger partial charge in [0.1, 0.15) is 11.5 Å². The normalized spacial score (nSPS) is 16.3. The Morgan fingerprint density at radius 2 is 1.55 bits per heavy atom. The number of carbonyl (C=O) groups excluding carboxylic acids is 1. The minimum Gasteiger partial charge on any atom is -0.298 e. The molecule has 1 unspecified atom stereocenters. The van der Waals surface area contributed by atoms with Gasteiger partial charge in [0, 0.05) is 22.5 Å². The molecule has 4 heteroatoms. The van der Waals surface area contributed by atoms with Crippen LogP contribution in [0.25, 0.3) is 22.5 Å². The maximum atomic E-state index is 13.6. The highest BCUT2D eigenvalue weighted by atomic mass is 16.1. The van der Waals surface area contributed by atoms with Gasteiger partial charge in [-0.05, 0) is 38.3 Å². The van der Waals surface area contributed by atoms with E-state index in [1.54, 1.807) is 0 Å². The van der Waals surface area contributed by atoms with Crippen molar-refractivity contribution in [1.29, 1.82) is 0 Å². The van der Waals surface area contributed by atoms with Gasteiger partial charge in [-0.1, -0.05) is 74.5 Å². The molecule has 0 saturated carbocycles. The number of Topliss-reactive ketones (excluding diaryl/α,β-unsaturated/α-hetero) is 1. The SMILES string of the molecule is CC(C)(C)C(=O)C1Cc2ccccc2-c2nnn(C(C)(C)C)c2-c2ccccc21. The van der Waals surface area contributed by atoms with Crippen LogP contribution in [0.1, 0.15) is 58.6 Å². The van der Waals surface area contributed by atoms with Crippen molar-refractivity contribution in [3.63, 3.8) is 0 Å². The molecule has 4 rings (SSSR count). The van der Waals surface area contributed by atoms with E-state index >= 15 is 0 Å². The summed E-state index contributed by atoms with van der Waals surface area (Å²) in [6.45, 7) is 12.4. The first-order chi connectivity index (χ1) is 13.6. The lowest BCUT2D eigenvalue weighted by Gasteiger charge is -2.30. The third kappa shape index (κ3) is 3.31. The lowest BCUT2D eigenvalue weighted by molar-refractivity contribution is -0.127. The van der Waals surface area contributed by atoms with Crippen LogP contribution in [0.4, 0.5) is 0 Å². The second kappa shape index (κ2) is 6.65. The van der Waals surface area contributed by atoms with E-state index in [4.69, 9.17) is 0 Å². The van der Waals surface area contributed by atoms with Crippen LogP contribution in [0.5, 0.6) is 0 Å². The highest BCUT2D eigenvalue weighted by Gasteiger charge is 2.36. The van der Waals surface area contributed by atoms with Crippen LogP contribution in [0.15, 0.2) is 48.5 Å². The predicted octanol–water partition coefficient (Wildman–Crippen LogP) is 5.62. The highest BCUT2D eigenvalue weighted by Crippen LogP contribution is 2.44. The van der Waals surface area contributed by atoms with Crippen molar-refractivity contribution in [3.05, 3.63) is 59.7 Å². The molecule has 0 bridgehead atoms. The van der Waals surface area contributed by atoms with E-state index in [-0.39, 0.29) is 17.2 Å². The Labute approximate surface area is 173 Å². The molecule has 1 aliphatic carbocycles. The summed E-state index contributed by atoms with van der Waals surface area (Å²) in [5, 5.41) is 9.16. The molecule has 1 aliphatic rings. The van der Waals surface area contributed by atoms with E-state index in [0.29, 0.717) is 6.42 Å². The molecule has 1 atom stereocenters. The van der Waals surface area contributed by atoms with Crippen LogP contribution in [0.2, 0.25) is 0 Å². The number of aromatic nitrogens is 3. The number of hydrogen-bond donors (Lipinski definition) is 0. The number of fused-ring (bicyclic) bond motifs is 5. The maximum Gasteiger partial charge on any atom is 0.145 e. The van der Waals surface area contributed by atoms with E-state index in [9.17, 15) is 4.79 Å². The van der Waals surface area contributed by atoms with Gasteiger partial charge in [-0.2, -0.15) is 0 Å². The molecule has 0 radical (unpaired) electrons. The summed E-state index contributed by atoms with van der Waals surface area (Å²) in [5.41, 5.74) is 5.57. The van der Waals surface area contributed by atoms with Crippen molar-refractivity contribution in [1.82, 2.24) is 15.0 Å². The minimum absolute atomic E-state index is 0.205. The third-order valence-corrected chi connectivity index (χ3v) is 5.65. The molecule has 29 heavy (non-hydrogen) atoms. The van der Waals surface area contributed by atoms with Gasteiger partial charge in [0.05, 0.1) is 11.2 Å². The van der Waals surface area contributed by atoms with Crippen LogP contribution in [0, 0.1) is 5.41 Å². The van der Waals surface area contributed by atoms with Crippen molar-refractivity contribution >= 4 is 5.78 Å². The molecule has 0 spiro atoms. The number of carbonyl (C=O) groups is 1. The summed E-state index contributed by atoms with van der Waals surface area (Å²) in [4.78, 5) is 13.6. The Morgan fingerprint density at radius 1 is 0.931 bits per heavy atom. The molecule has 0 aliphatic heterocycles. The van der Waals surface area contributed by atoms with E-state index in [2.05, 4.69) is 55.3 Å². The highest BCUT2D eigenvalue weighted by molar-refractivity contribution is 5.94. The fourth-order valence-corrected chi connectivity index (χ4v) is 4.21. The Bertz CT molecular complexity index is 1080. The topological polar surface area (TPSA) is 47.8 Å². The maximum absolute atomic E-state index is 13.6. The molecule has 1 aromatic heterocycles. The average molecular weight is 388 g/mol. The van der Waals surface area contributed by atoms with Crippen LogP contribution in [0.3, 0.4) is 0 Å². The molecule has 4 nitrogen and oxygen atoms in total. The van der Waals surface area contributed by atoms with Crippen LogP contribution >= 0.6 is 0 Å². The van der Waals surface area contributed by atoms with Crippen molar-refractivity contribution in [2.24, 2.45) is 5.41 Å². The van der Waals surface area contributed by atoms with Gasteiger partial charge in [0.15, 0.2) is 0 Å². The standard InChI is InChI=1S/C25H29N3O/c1-24(2,3)23(29)20-15-16-11-7-8-12-17(16)21-22(19-14-10-9-13-18(19)20)28(27-26-21)25(4,5)6/h7-14,20H,15H2,1-6H3. The van der Waals surface area contributed by atoms with Crippen molar-refractivity contribution < 1.29 is 4.79 Å². The summed E-state index contributed by atoms with van der Waals surface area (Å²) in [7, 11) is 0. The molecule has 0 fully saturated rings. The molecule has 150 valence electrons. The summed E-state index contributed by atoms with van der Waals surface area (Å²) >= 11 is 0. The first kappa shape index (κ1) is 19.6. The molecule has 2 aromatic carbocycles. The number of ketones is 1. The van der Waals surface area contributed by atoms with Gasteiger partial charge in [0.25, 0.3) is 0 Å². The van der Waals surface area contributed by atoms with Crippen molar-refractivity contribution in [3.8, 4) is 22.5 Å². The fourth-order valence-electron chi connectivity index (χ4n) is 4.21. The van der Waals surface area contributed by atoms with Gasteiger partial charge >= 0.3 is 0 Å². The summed E-state index contributed by atoms with van der Waals surface area (Å²) < 4.78 is 2.00. The largest absolute Gasteiger partial charge is 0.298 e. The second-order valence-corrected chi connectivity index (χ2v) is 9.98. The van der Waals surface area contributed by atoms with Gasteiger partial charge in [-0.25, -0.2) is 4.68 Å². The van der Waals surface area contributed by atoms with Crippen molar-refractivity contribution in [2.45, 2.75) is 59.4 Å². The Hall–Kier alpha value is -2.75. The predicted molar refractivity (Wildman–Crippen MR) is 117 cm³/mol. The van der Waals surface area contributed by atoms with Crippen LogP contribution in [-0.2, 0) is 16.8 Å². The molecular weight excluding hydrogens is 358 g/mol. The number of hydrogen-bond acceptors (Lipinski definition) is 3. The zero-order valence-corrected chi connectivity index (χ0v) is 18.2. The number of rotatable bonds is 1. The van der Waals surface area contributed by atoms with Gasteiger partial charge < -0.3 is 0 Å². The molecule has 1 heterocycles. The average Bonchev–Trinajstić information content (AvgIpc) is 3.09. The first-order valence-electron chi connectivity index (χ1n) is 10.3. The zero-order valence-electron chi connectivity index (χ0n) is 18.2. The Kier molecular flexibility index (Phi) is 4.49. The van der Waals surface area contributed by atoms with Gasteiger partial charge in [0.2, 0.25) is 0 Å². The molecule has 0 amide bonds. The smallest absolute Gasteiger partial charge is 0.145 e. The lowest BCUT2D eigenvalue weighted by Crippen LogP contribution is -2.30. The van der Waals surface area contributed by atoms with E-state index in [1.807, 2.05) is 49.7 Å². The summed E-state index contributed by atoms with van der Waals surface area (Å²) in [6, 6.07) is 16.6. The molecular formula is C25H29N3O. The van der Waals surface area contributed by atoms with E-state index in [0.717, 1.165) is 33.6 Å². The fraction of sp³-hybridized carbons (Fsp3) is 0.400. The number of benzene rings is 2. The summed E-state index contributed by atoms with van der Waals surface area (Å²) in [5.74, 6) is 0.0572. The Morgan fingerprint density at radius 3 is 2.21 bits per heavy atom. The van der Waals surface area contributed by atoms with E-state index < -0.39 is 5.41 Å². The second-order valence-electron chi connectivity index (χ2n) is 9.98. The summed E-state index contributed by atoms with van der Waals surface area (Å²) in [6.07, 6.45) is 0.672. The minimum atomic E-state index is -0.419. The Balaban J connectivity index is 2.09. The van der Waals surface area contributed by atoms with E-state index in [1.165, 1.54) is 0 Å². The molecule has 3 aromatic rings. The van der Waals surface area contributed by atoms with Crippen LogP contribution < -0.4 is 0 Å². The quantitative estimate of drug-likeness (QED) is 0.544. The van der Waals surface area contributed by atoms with Crippen LogP contribution in [-0.4, -0.2) is 20.8 Å². The monoisotopic (exact) mass is 387 g/mol. The van der Waals surface area contributed by atoms with Crippen molar-refractivity contribution in [2.75, 3.05) is 0 Å². The number of nitrogens with zero attached hydrogens (tertiary/aromatic N) is 3. The first-order valence-corrected chi connectivity index (χ1v) is 10.3. The van der Waals surface area contributed by atoms with Gasteiger partial charge in [-0.3, -0.25) is 4.79 Å². The molecule has 0 saturated heterocycles. The molecule has 0 N–H and O–H groups in total. The zero-order chi connectivity index (χ0) is 21.0. The lowest BCUT2D eigenvalue weighted by atomic mass is 9.74.